The second-order valence-electron chi connectivity index (χ2n) is 8.77. The van der Waals surface area contributed by atoms with E-state index in [9.17, 15) is 9.59 Å². The molecule has 0 spiro atoms. The molecule has 5 heteroatoms. The molecule has 0 heterocycles. The zero-order valence-electron chi connectivity index (χ0n) is 21.3. The summed E-state index contributed by atoms with van der Waals surface area (Å²) in [5.74, 6) is 6.30. The van der Waals surface area contributed by atoms with E-state index in [1.165, 1.54) is 52.7 Å². The van der Waals surface area contributed by atoms with Gasteiger partial charge in [0.05, 0.1) is 7.11 Å². The second kappa shape index (κ2) is 18.8. The fraction of sp³-hybridized carbons (Fsp3) is 0.586. The number of allylic oxidation sites excluding steroid dienone is 1. The Kier molecular flexibility index (Phi) is 16.3. The zero-order chi connectivity index (χ0) is 25.0. The SMILES string of the molecule is C=CCCCCC(C)CCCCCC#CCC[C@H](OC)C(=O)N[C@H](C(=O)OC)c1ccccc1. The number of hydrogen-bond donors (Lipinski definition) is 1. The van der Waals surface area contributed by atoms with Gasteiger partial charge in [0.25, 0.3) is 0 Å². The van der Waals surface area contributed by atoms with Crippen LogP contribution in [0, 0.1) is 17.8 Å². The topological polar surface area (TPSA) is 64.6 Å². The Morgan fingerprint density at radius 1 is 0.971 bits per heavy atom. The molecule has 0 bridgehead atoms. The van der Waals surface area contributed by atoms with Crippen LogP contribution in [0.4, 0.5) is 0 Å². The number of nitrogens with one attached hydrogen (secondary N) is 1. The molecule has 1 aromatic rings. The molecule has 188 valence electrons. The van der Waals surface area contributed by atoms with E-state index in [1.807, 2.05) is 24.3 Å². The van der Waals surface area contributed by atoms with Crippen molar-refractivity contribution in [3.8, 4) is 11.8 Å². The van der Waals surface area contributed by atoms with Crippen molar-refractivity contribution in [1.29, 1.82) is 0 Å². The molecular weight excluding hydrogens is 426 g/mol. The van der Waals surface area contributed by atoms with Gasteiger partial charge in [0.1, 0.15) is 6.10 Å². The Hall–Kier alpha value is -2.58. The molecule has 34 heavy (non-hydrogen) atoms. The van der Waals surface area contributed by atoms with Crippen molar-refractivity contribution in [2.24, 2.45) is 5.92 Å². The van der Waals surface area contributed by atoms with Gasteiger partial charge in [-0.2, -0.15) is 0 Å². The highest BCUT2D eigenvalue weighted by Gasteiger charge is 2.27. The van der Waals surface area contributed by atoms with Crippen LogP contribution in [0.2, 0.25) is 0 Å². The normalized spacial score (nSPS) is 13.1. The van der Waals surface area contributed by atoms with Crippen molar-refractivity contribution in [1.82, 2.24) is 5.32 Å². The smallest absolute Gasteiger partial charge is 0.333 e. The van der Waals surface area contributed by atoms with E-state index in [2.05, 4.69) is 30.7 Å². The monoisotopic (exact) mass is 469 g/mol. The molecular formula is C29H43NO4. The molecule has 0 radical (unpaired) electrons. The minimum Gasteiger partial charge on any atom is -0.467 e. The van der Waals surface area contributed by atoms with Crippen molar-refractivity contribution in [2.45, 2.75) is 89.7 Å². The number of benzene rings is 1. The minimum absolute atomic E-state index is 0.345. The Labute approximate surface area is 206 Å². The summed E-state index contributed by atoms with van der Waals surface area (Å²) < 4.78 is 10.2. The van der Waals surface area contributed by atoms with Gasteiger partial charge < -0.3 is 14.8 Å². The lowest BCUT2D eigenvalue weighted by molar-refractivity contribution is -0.147. The third-order valence-corrected chi connectivity index (χ3v) is 5.94. The zero-order valence-corrected chi connectivity index (χ0v) is 21.3. The molecule has 0 aromatic heterocycles. The summed E-state index contributed by atoms with van der Waals surface area (Å²) >= 11 is 0. The molecule has 0 saturated carbocycles. The van der Waals surface area contributed by atoms with E-state index in [0.717, 1.165) is 25.2 Å². The third kappa shape index (κ3) is 12.6. The summed E-state index contributed by atoms with van der Waals surface area (Å²) in [4.78, 5) is 24.8. The predicted molar refractivity (Wildman–Crippen MR) is 138 cm³/mol. The highest BCUT2D eigenvalue weighted by Crippen LogP contribution is 2.17. The van der Waals surface area contributed by atoms with E-state index in [4.69, 9.17) is 9.47 Å². The number of methoxy groups -OCH3 is 2. The van der Waals surface area contributed by atoms with Gasteiger partial charge >= 0.3 is 5.97 Å². The van der Waals surface area contributed by atoms with Crippen LogP contribution in [-0.4, -0.2) is 32.2 Å². The van der Waals surface area contributed by atoms with E-state index in [-0.39, 0.29) is 5.91 Å². The van der Waals surface area contributed by atoms with Crippen LogP contribution in [0.15, 0.2) is 43.0 Å². The van der Waals surface area contributed by atoms with E-state index >= 15 is 0 Å². The molecule has 0 fully saturated rings. The average molecular weight is 470 g/mol. The van der Waals surface area contributed by atoms with Crippen LogP contribution in [0.1, 0.15) is 89.2 Å². The number of rotatable bonds is 17. The molecule has 1 N–H and O–H groups in total. The van der Waals surface area contributed by atoms with Crippen LogP contribution in [0.3, 0.4) is 0 Å². The van der Waals surface area contributed by atoms with Gasteiger partial charge in [-0.3, -0.25) is 4.79 Å². The van der Waals surface area contributed by atoms with E-state index in [0.29, 0.717) is 18.4 Å². The maximum Gasteiger partial charge on any atom is 0.333 e. The quantitative estimate of drug-likeness (QED) is 0.129. The molecule has 0 saturated heterocycles. The van der Waals surface area contributed by atoms with Gasteiger partial charge in [0, 0.05) is 20.0 Å². The van der Waals surface area contributed by atoms with E-state index in [1.54, 1.807) is 12.1 Å². The van der Waals surface area contributed by atoms with Crippen molar-refractivity contribution in [3.05, 3.63) is 48.6 Å². The summed E-state index contributed by atoms with van der Waals surface area (Å²) in [5, 5.41) is 2.75. The van der Waals surface area contributed by atoms with Crippen molar-refractivity contribution in [3.63, 3.8) is 0 Å². The highest BCUT2D eigenvalue weighted by molar-refractivity contribution is 5.87. The summed E-state index contributed by atoms with van der Waals surface area (Å²) in [7, 11) is 2.80. The molecule has 5 nitrogen and oxygen atoms in total. The predicted octanol–water partition coefficient (Wildman–Crippen LogP) is 6.15. The molecule has 1 amide bonds. The van der Waals surface area contributed by atoms with Gasteiger partial charge in [-0.05, 0) is 37.2 Å². The lowest BCUT2D eigenvalue weighted by Gasteiger charge is -2.20. The summed E-state index contributed by atoms with van der Waals surface area (Å²) in [6.45, 7) is 6.12. The lowest BCUT2D eigenvalue weighted by atomic mass is 9.96. The number of carbonyl (C=O) groups is 2. The number of ether oxygens (including phenoxy) is 2. The molecule has 0 aliphatic carbocycles. The fourth-order valence-corrected chi connectivity index (χ4v) is 3.82. The number of amides is 1. The third-order valence-electron chi connectivity index (χ3n) is 5.94. The first-order valence-electron chi connectivity index (χ1n) is 12.6. The number of carbonyl (C=O) groups excluding carboxylic acids is 2. The molecule has 0 aliphatic heterocycles. The first-order chi connectivity index (χ1) is 16.5. The largest absolute Gasteiger partial charge is 0.467 e. The van der Waals surface area contributed by atoms with Gasteiger partial charge in [0.15, 0.2) is 6.04 Å². The number of hydrogen-bond acceptors (Lipinski definition) is 4. The van der Waals surface area contributed by atoms with Crippen LogP contribution in [0.25, 0.3) is 0 Å². The molecule has 3 atom stereocenters. The first kappa shape index (κ1) is 29.5. The Bertz CT molecular complexity index is 765. The number of unbranched alkanes of at least 4 members (excludes halogenated alkanes) is 5. The molecule has 0 aliphatic rings. The Morgan fingerprint density at radius 3 is 2.29 bits per heavy atom. The van der Waals surface area contributed by atoms with Crippen LogP contribution < -0.4 is 5.32 Å². The van der Waals surface area contributed by atoms with Crippen molar-refractivity contribution < 1.29 is 19.1 Å². The van der Waals surface area contributed by atoms with Gasteiger partial charge in [-0.1, -0.05) is 75.4 Å². The fourth-order valence-electron chi connectivity index (χ4n) is 3.82. The maximum atomic E-state index is 12.7. The maximum absolute atomic E-state index is 12.7. The molecule has 1 rings (SSSR count). The molecule has 1 aromatic carbocycles. The number of esters is 1. The van der Waals surface area contributed by atoms with Crippen LogP contribution in [0.5, 0.6) is 0 Å². The second-order valence-corrected chi connectivity index (χ2v) is 8.77. The van der Waals surface area contributed by atoms with Crippen LogP contribution in [-0.2, 0) is 19.1 Å². The first-order valence-corrected chi connectivity index (χ1v) is 12.6. The average Bonchev–Trinajstić information content (AvgIpc) is 2.86. The van der Waals surface area contributed by atoms with Gasteiger partial charge in [-0.15, -0.1) is 18.4 Å². The van der Waals surface area contributed by atoms with Gasteiger partial charge in [0.2, 0.25) is 5.91 Å². The standard InChI is InChI=1S/C29H43NO4/c1-5-6-7-14-19-24(2)20-15-11-9-8-10-12-18-23-26(33-3)28(31)30-27(29(32)34-4)25-21-16-13-17-22-25/h5,13,16-17,21-22,24,26-27H,1,6-9,11,14-15,18-20,23H2,2-4H3,(H,30,31)/t24?,26-,27-/m0/s1. The highest BCUT2D eigenvalue weighted by atomic mass is 16.5. The van der Waals surface area contributed by atoms with Crippen molar-refractivity contribution in [2.75, 3.05) is 14.2 Å². The van der Waals surface area contributed by atoms with Crippen molar-refractivity contribution >= 4 is 11.9 Å². The van der Waals surface area contributed by atoms with Crippen LogP contribution >= 0.6 is 0 Å². The minimum atomic E-state index is -0.864. The lowest BCUT2D eigenvalue weighted by Crippen LogP contribution is -2.41. The summed E-state index contributed by atoms with van der Waals surface area (Å²) in [6.07, 6.45) is 13.1. The summed E-state index contributed by atoms with van der Waals surface area (Å²) in [5.41, 5.74) is 0.666. The van der Waals surface area contributed by atoms with Gasteiger partial charge in [-0.25, -0.2) is 4.79 Å². The Morgan fingerprint density at radius 2 is 1.65 bits per heavy atom. The van der Waals surface area contributed by atoms with E-state index < -0.39 is 18.1 Å². The molecule has 1 unspecified atom stereocenters. The Balaban J connectivity index is 2.30. The summed E-state index contributed by atoms with van der Waals surface area (Å²) in [6, 6.07) is 8.17.